The van der Waals surface area contributed by atoms with Crippen molar-refractivity contribution in [3.8, 4) is 0 Å². The van der Waals surface area contributed by atoms with Crippen molar-refractivity contribution in [3.63, 3.8) is 0 Å². The maximum absolute atomic E-state index is 4.51. The van der Waals surface area contributed by atoms with Crippen LogP contribution in [-0.2, 0) is 0 Å². The molecule has 3 aliphatic rings. The molecule has 0 saturated heterocycles. The van der Waals surface area contributed by atoms with Crippen LogP contribution in [0.4, 0.5) is 0 Å². The predicted octanol–water partition coefficient (Wildman–Crippen LogP) is 2.36. The van der Waals surface area contributed by atoms with Gasteiger partial charge >= 0.3 is 0 Å². The van der Waals surface area contributed by atoms with Gasteiger partial charge in [0.05, 0.1) is 15.5 Å². The van der Waals surface area contributed by atoms with Crippen molar-refractivity contribution in [2.24, 2.45) is 10.9 Å². The molecule has 2 aliphatic carbocycles. The quantitative estimate of drug-likeness (QED) is 0.534. The Morgan fingerprint density at radius 3 is 3.45 bits per heavy atom. The lowest BCUT2D eigenvalue weighted by molar-refractivity contribution is 0.959. The van der Waals surface area contributed by atoms with Gasteiger partial charge < -0.3 is 0 Å². The number of nitrogens with zero attached hydrogens (tertiary/aromatic N) is 1. The fourth-order valence-corrected chi connectivity index (χ4v) is 3.35. The van der Waals surface area contributed by atoms with Gasteiger partial charge in [0.2, 0.25) is 0 Å². The zero-order valence-corrected chi connectivity index (χ0v) is 7.19. The minimum atomic E-state index is 0.416. The Balaban J connectivity index is 2.13. The molecular weight excluding hydrogens is 154 g/mol. The third-order valence-electron chi connectivity index (χ3n) is 2.60. The van der Waals surface area contributed by atoms with Crippen LogP contribution in [0.5, 0.6) is 0 Å². The molecule has 1 heterocycles. The molecule has 2 atom stereocenters. The lowest BCUT2D eigenvalue weighted by Gasteiger charge is -2.09. The smallest absolute Gasteiger partial charge is 0.0713 e. The Bertz CT molecular complexity index is 314. The Kier molecular flexibility index (Phi) is 0.900. The van der Waals surface area contributed by atoms with Gasteiger partial charge in [-0.25, -0.2) is 4.99 Å². The van der Waals surface area contributed by atoms with Crippen LogP contribution in [-0.4, -0.2) is 9.79 Å². The summed E-state index contributed by atoms with van der Waals surface area (Å²) in [4.78, 5) is 4.51. The summed E-state index contributed by atoms with van der Waals surface area (Å²) in [7, 11) is 0. The fraction of sp³-hybridized carbons (Fsp3) is 0.444. The second kappa shape index (κ2) is 1.63. The average molecular weight is 163 g/mol. The number of thioether (sulfide) groups is 1. The highest BCUT2D eigenvalue weighted by Gasteiger charge is 2.59. The highest BCUT2D eigenvalue weighted by atomic mass is 32.2. The minimum Gasteiger partial charge on any atom is -0.250 e. The molecule has 1 spiro atoms. The molecular formula is C9H9NS. The molecule has 11 heavy (non-hydrogen) atoms. The Hall–Kier alpha value is -0.500. The predicted molar refractivity (Wildman–Crippen MR) is 48.8 cm³/mol. The zero-order valence-electron chi connectivity index (χ0n) is 6.37. The van der Waals surface area contributed by atoms with Gasteiger partial charge in [0.1, 0.15) is 0 Å². The Morgan fingerprint density at radius 2 is 2.64 bits per heavy atom. The van der Waals surface area contributed by atoms with E-state index >= 15 is 0 Å². The zero-order chi connectivity index (χ0) is 7.47. The second-order valence-corrected chi connectivity index (χ2v) is 4.89. The van der Waals surface area contributed by atoms with Crippen LogP contribution in [0.25, 0.3) is 0 Å². The highest BCUT2D eigenvalue weighted by molar-refractivity contribution is 8.15. The molecule has 1 fully saturated rings. The third kappa shape index (κ3) is 0.614. The molecule has 0 radical (unpaired) electrons. The molecule has 1 saturated carbocycles. The SMILES string of the molecule is CC1=NC2=CC=CC3CC23S1. The molecule has 0 aromatic carbocycles. The minimum absolute atomic E-state index is 0.416. The van der Waals surface area contributed by atoms with E-state index in [1.807, 2.05) is 11.8 Å². The average Bonchev–Trinajstić information content (AvgIpc) is 2.55. The fourth-order valence-electron chi connectivity index (χ4n) is 1.97. The van der Waals surface area contributed by atoms with Gasteiger partial charge in [-0.3, -0.25) is 0 Å². The number of aliphatic imine (C=N–C) groups is 1. The van der Waals surface area contributed by atoms with Crippen molar-refractivity contribution < 1.29 is 0 Å². The van der Waals surface area contributed by atoms with E-state index in [-0.39, 0.29) is 0 Å². The van der Waals surface area contributed by atoms with E-state index in [1.165, 1.54) is 17.2 Å². The van der Waals surface area contributed by atoms with Gasteiger partial charge in [-0.15, -0.1) is 0 Å². The summed E-state index contributed by atoms with van der Waals surface area (Å²) in [5.41, 5.74) is 1.31. The van der Waals surface area contributed by atoms with Crippen molar-refractivity contribution >= 4 is 16.8 Å². The van der Waals surface area contributed by atoms with Gasteiger partial charge in [0, 0.05) is 0 Å². The summed E-state index contributed by atoms with van der Waals surface area (Å²) in [6, 6.07) is 0. The number of allylic oxidation sites excluding steroid dienone is 3. The monoisotopic (exact) mass is 163 g/mol. The van der Waals surface area contributed by atoms with Gasteiger partial charge in [-0.1, -0.05) is 23.9 Å². The molecule has 0 N–H and O–H groups in total. The van der Waals surface area contributed by atoms with Crippen molar-refractivity contribution in [2.45, 2.75) is 18.1 Å². The van der Waals surface area contributed by atoms with Gasteiger partial charge in [-0.05, 0) is 25.3 Å². The van der Waals surface area contributed by atoms with E-state index in [4.69, 9.17) is 0 Å². The molecule has 56 valence electrons. The van der Waals surface area contributed by atoms with Gasteiger partial charge in [-0.2, -0.15) is 0 Å². The summed E-state index contributed by atoms with van der Waals surface area (Å²) < 4.78 is 0.416. The largest absolute Gasteiger partial charge is 0.250 e. The maximum atomic E-state index is 4.51. The van der Waals surface area contributed by atoms with E-state index < -0.39 is 0 Å². The molecule has 0 aromatic rings. The Morgan fingerprint density at radius 1 is 1.73 bits per heavy atom. The lowest BCUT2D eigenvalue weighted by Crippen LogP contribution is -2.06. The normalized spacial score (nSPS) is 44.3. The summed E-state index contributed by atoms with van der Waals surface area (Å²) in [5.74, 6) is 0.786. The second-order valence-electron chi connectivity index (χ2n) is 3.37. The molecule has 1 nitrogen and oxygen atoms in total. The number of rotatable bonds is 0. The van der Waals surface area contributed by atoms with E-state index in [2.05, 4.69) is 30.1 Å². The van der Waals surface area contributed by atoms with E-state index in [9.17, 15) is 0 Å². The van der Waals surface area contributed by atoms with Crippen molar-refractivity contribution in [3.05, 3.63) is 23.9 Å². The molecule has 0 aromatic heterocycles. The molecule has 0 bridgehead atoms. The van der Waals surface area contributed by atoms with Crippen LogP contribution in [0.3, 0.4) is 0 Å². The molecule has 1 aliphatic heterocycles. The van der Waals surface area contributed by atoms with E-state index in [1.54, 1.807) is 0 Å². The lowest BCUT2D eigenvalue weighted by atomic mass is 10.1. The van der Waals surface area contributed by atoms with Crippen LogP contribution in [0.1, 0.15) is 13.3 Å². The van der Waals surface area contributed by atoms with E-state index in [0.717, 1.165) is 5.92 Å². The van der Waals surface area contributed by atoms with Crippen LogP contribution in [0.15, 0.2) is 28.9 Å². The summed E-state index contributed by atoms with van der Waals surface area (Å²) >= 11 is 1.96. The van der Waals surface area contributed by atoms with Crippen LogP contribution < -0.4 is 0 Å². The number of hydrogen-bond donors (Lipinski definition) is 0. The summed E-state index contributed by atoms with van der Waals surface area (Å²) in [6.07, 6.45) is 7.92. The van der Waals surface area contributed by atoms with Crippen molar-refractivity contribution in [1.82, 2.24) is 0 Å². The molecule has 0 amide bonds. The third-order valence-corrected chi connectivity index (χ3v) is 4.03. The van der Waals surface area contributed by atoms with Crippen molar-refractivity contribution in [1.29, 1.82) is 0 Å². The highest BCUT2D eigenvalue weighted by Crippen LogP contribution is 2.64. The van der Waals surface area contributed by atoms with Crippen molar-refractivity contribution in [2.75, 3.05) is 0 Å². The van der Waals surface area contributed by atoms with Gasteiger partial charge in [0.15, 0.2) is 0 Å². The van der Waals surface area contributed by atoms with Gasteiger partial charge in [0.25, 0.3) is 0 Å². The first kappa shape index (κ1) is 6.06. The number of hydrogen-bond acceptors (Lipinski definition) is 2. The first-order valence-corrected chi connectivity index (χ1v) is 4.76. The summed E-state index contributed by atoms with van der Waals surface area (Å²) in [6.45, 7) is 2.11. The van der Waals surface area contributed by atoms with E-state index in [0.29, 0.717) is 4.75 Å². The summed E-state index contributed by atoms with van der Waals surface area (Å²) in [5, 5.41) is 1.24. The first-order valence-electron chi connectivity index (χ1n) is 3.94. The first-order chi connectivity index (χ1) is 5.31. The standard InChI is InChI=1S/C9H9NS/c1-6-10-8-4-2-3-7-5-9(7,8)11-6/h2-4,7H,5H2,1H3. The Labute approximate surface area is 70.3 Å². The van der Waals surface area contributed by atoms with Crippen LogP contribution in [0, 0.1) is 5.92 Å². The maximum Gasteiger partial charge on any atom is 0.0713 e. The van der Waals surface area contributed by atoms with Crippen LogP contribution >= 0.6 is 11.8 Å². The molecule has 2 unspecified atom stereocenters. The molecule has 2 heteroatoms. The van der Waals surface area contributed by atoms with Crippen LogP contribution in [0.2, 0.25) is 0 Å². The molecule has 3 rings (SSSR count). The topological polar surface area (TPSA) is 12.4 Å².